The van der Waals surface area contributed by atoms with Crippen molar-refractivity contribution >= 4 is 5.91 Å². The number of halogens is 1. The minimum Gasteiger partial charge on any atom is -0.365 e. The van der Waals surface area contributed by atoms with E-state index in [0.717, 1.165) is 16.8 Å². The first kappa shape index (κ1) is 13.7. The minimum absolute atomic E-state index is 0.215. The third-order valence-electron chi connectivity index (χ3n) is 2.85. The highest BCUT2D eigenvalue weighted by atomic mass is 19.1. The molecule has 0 aliphatic heterocycles. The molecule has 0 saturated carbocycles. The lowest BCUT2D eigenvalue weighted by Crippen LogP contribution is -2.42. The number of benzene rings is 1. The van der Waals surface area contributed by atoms with Crippen molar-refractivity contribution in [1.82, 2.24) is 9.13 Å². The van der Waals surface area contributed by atoms with E-state index in [-0.39, 0.29) is 17.8 Å². The van der Waals surface area contributed by atoms with Crippen LogP contribution in [0.5, 0.6) is 0 Å². The average Bonchev–Trinajstić information content (AvgIpc) is 2.41. The van der Waals surface area contributed by atoms with Crippen LogP contribution in [0.3, 0.4) is 0 Å². The molecule has 0 aliphatic carbocycles. The highest BCUT2D eigenvalue weighted by Crippen LogP contribution is 2.08. The van der Waals surface area contributed by atoms with Crippen LogP contribution >= 0.6 is 0 Å². The van der Waals surface area contributed by atoms with Gasteiger partial charge in [-0.2, -0.15) is 0 Å². The van der Waals surface area contributed by atoms with Gasteiger partial charge in [-0.25, -0.2) is 13.8 Å². The molecular formula is C13H12FN3O3. The fraction of sp³-hybridized carbons (Fsp3) is 0.154. The van der Waals surface area contributed by atoms with Gasteiger partial charge in [0.25, 0.3) is 11.5 Å². The molecule has 6 nitrogen and oxygen atoms in total. The fourth-order valence-corrected chi connectivity index (χ4v) is 1.84. The molecule has 0 unspecified atom stereocenters. The molecule has 1 heterocycles. The summed E-state index contributed by atoms with van der Waals surface area (Å²) in [6.07, 6.45) is 1.09. The molecule has 7 heteroatoms. The summed E-state index contributed by atoms with van der Waals surface area (Å²) in [4.78, 5) is 35.6. The third kappa shape index (κ3) is 2.13. The Labute approximate surface area is 112 Å². The van der Waals surface area contributed by atoms with E-state index in [1.54, 1.807) is 6.92 Å². The summed E-state index contributed by atoms with van der Waals surface area (Å²) in [5, 5.41) is 0. The van der Waals surface area contributed by atoms with Crippen LogP contribution < -0.4 is 17.0 Å². The van der Waals surface area contributed by atoms with Gasteiger partial charge in [0.1, 0.15) is 11.4 Å². The Morgan fingerprint density at radius 3 is 2.50 bits per heavy atom. The second-order valence-corrected chi connectivity index (χ2v) is 4.07. The monoisotopic (exact) mass is 277 g/mol. The molecule has 2 N–H and O–H groups in total. The summed E-state index contributed by atoms with van der Waals surface area (Å²) in [6, 6.07) is 5.31. The van der Waals surface area contributed by atoms with E-state index in [2.05, 4.69) is 0 Å². The van der Waals surface area contributed by atoms with Crippen molar-refractivity contribution in [3.05, 3.63) is 62.7 Å². The smallest absolute Gasteiger partial charge is 0.335 e. The lowest BCUT2D eigenvalue weighted by molar-refractivity contribution is 0.0997. The van der Waals surface area contributed by atoms with Gasteiger partial charge in [0.15, 0.2) is 0 Å². The number of carbonyl (C=O) groups excluding carboxylic acids is 1. The Bertz CT molecular complexity index is 792. The standard InChI is InChI=1S/C13H12FN3O3/c1-2-16-7-8(11(15)18)12(19)17(13(16)20)10-6-4-3-5-9(10)14/h3-7H,2H2,1H3,(H2,15,18). The van der Waals surface area contributed by atoms with Crippen LogP contribution in [0.2, 0.25) is 0 Å². The zero-order valence-electron chi connectivity index (χ0n) is 10.7. The summed E-state index contributed by atoms with van der Waals surface area (Å²) in [6.45, 7) is 1.87. The van der Waals surface area contributed by atoms with E-state index in [1.807, 2.05) is 0 Å². The number of nitrogens with two attached hydrogens (primary N) is 1. The summed E-state index contributed by atoms with van der Waals surface area (Å²) < 4.78 is 15.5. The van der Waals surface area contributed by atoms with Gasteiger partial charge in [-0.1, -0.05) is 12.1 Å². The van der Waals surface area contributed by atoms with Crippen molar-refractivity contribution in [3.8, 4) is 5.69 Å². The van der Waals surface area contributed by atoms with Crippen LogP contribution in [0.25, 0.3) is 5.69 Å². The minimum atomic E-state index is -0.970. The predicted octanol–water partition coefficient (Wildman–Crippen LogP) is 0.257. The molecule has 0 radical (unpaired) electrons. The van der Waals surface area contributed by atoms with Gasteiger partial charge < -0.3 is 5.73 Å². The third-order valence-corrected chi connectivity index (χ3v) is 2.85. The van der Waals surface area contributed by atoms with Crippen molar-refractivity contribution in [1.29, 1.82) is 0 Å². The quantitative estimate of drug-likeness (QED) is 0.872. The summed E-state index contributed by atoms with van der Waals surface area (Å²) in [5.74, 6) is -1.71. The molecule has 2 rings (SSSR count). The normalized spacial score (nSPS) is 10.5. The number of para-hydroxylation sites is 1. The van der Waals surface area contributed by atoms with Gasteiger partial charge in [0.05, 0.1) is 5.69 Å². The molecule has 0 bridgehead atoms. The molecule has 1 aromatic heterocycles. The Hall–Kier alpha value is -2.70. The van der Waals surface area contributed by atoms with E-state index < -0.39 is 23.0 Å². The number of aromatic nitrogens is 2. The van der Waals surface area contributed by atoms with Crippen LogP contribution in [-0.4, -0.2) is 15.0 Å². The van der Waals surface area contributed by atoms with Gasteiger partial charge >= 0.3 is 5.69 Å². The maximum Gasteiger partial charge on any atom is 0.335 e. The van der Waals surface area contributed by atoms with Crippen LogP contribution in [0.15, 0.2) is 40.1 Å². The van der Waals surface area contributed by atoms with Gasteiger partial charge in [-0.15, -0.1) is 0 Å². The van der Waals surface area contributed by atoms with Gasteiger partial charge in [-0.3, -0.25) is 14.2 Å². The topological polar surface area (TPSA) is 87.1 Å². The molecule has 1 amide bonds. The Balaban J connectivity index is 2.93. The summed E-state index contributed by atoms with van der Waals surface area (Å²) in [5.41, 5.74) is 2.87. The fourth-order valence-electron chi connectivity index (χ4n) is 1.84. The first-order valence-electron chi connectivity index (χ1n) is 5.88. The summed E-state index contributed by atoms with van der Waals surface area (Å²) in [7, 11) is 0. The molecule has 2 aromatic rings. The van der Waals surface area contributed by atoms with Crippen molar-refractivity contribution < 1.29 is 9.18 Å². The predicted molar refractivity (Wildman–Crippen MR) is 70.4 cm³/mol. The van der Waals surface area contributed by atoms with Gasteiger partial charge in [0.2, 0.25) is 0 Å². The first-order valence-corrected chi connectivity index (χ1v) is 5.88. The number of rotatable bonds is 3. The second kappa shape index (κ2) is 5.12. The van der Waals surface area contributed by atoms with Crippen molar-refractivity contribution in [2.75, 3.05) is 0 Å². The van der Waals surface area contributed by atoms with E-state index in [0.29, 0.717) is 4.57 Å². The van der Waals surface area contributed by atoms with Crippen molar-refractivity contribution in [3.63, 3.8) is 0 Å². The van der Waals surface area contributed by atoms with Crippen LogP contribution in [-0.2, 0) is 6.54 Å². The number of primary amides is 1. The van der Waals surface area contributed by atoms with Gasteiger partial charge in [0, 0.05) is 12.7 Å². The number of amides is 1. The molecule has 1 aromatic carbocycles. The largest absolute Gasteiger partial charge is 0.365 e. The molecule has 20 heavy (non-hydrogen) atoms. The number of nitrogens with zero attached hydrogens (tertiary/aromatic N) is 2. The molecule has 0 saturated heterocycles. The Morgan fingerprint density at radius 2 is 1.95 bits per heavy atom. The molecular weight excluding hydrogens is 265 g/mol. The lowest BCUT2D eigenvalue weighted by atomic mass is 10.2. The first-order chi connectivity index (χ1) is 9.47. The van der Waals surface area contributed by atoms with Crippen LogP contribution in [0.1, 0.15) is 17.3 Å². The maximum atomic E-state index is 13.8. The number of aryl methyl sites for hydroxylation is 1. The van der Waals surface area contributed by atoms with Crippen molar-refractivity contribution in [2.24, 2.45) is 5.73 Å². The molecule has 0 atom stereocenters. The second-order valence-electron chi connectivity index (χ2n) is 4.07. The zero-order chi connectivity index (χ0) is 14.9. The van der Waals surface area contributed by atoms with E-state index >= 15 is 0 Å². The molecule has 104 valence electrons. The molecule has 0 spiro atoms. The number of hydrogen-bond donors (Lipinski definition) is 1. The van der Waals surface area contributed by atoms with Crippen LogP contribution in [0.4, 0.5) is 4.39 Å². The van der Waals surface area contributed by atoms with Crippen LogP contribution in [0, 0.1) is 5.82 Å². The molecule has 0 fully saturated rings. The SMILES string of the molecule is CCn1cc(C(N)=O)c(=O)n(-c2ccccc2F)c1=O. The zero-order valence-corrected chi connectivity index (χ0v) is 10.7. The van der Waals surface area contributed by atoms with Gasteiger partial charge in [-0.05, 0) is 19.1 Å². The maximum absolute atomic E-state index is 13.8. The van der Waals surface area contributed by atoms with Crippen molar-refractivity contribution in [2.45, 2.75) is 13.5 Å². The highest BCUT2D eigenvalue weighted by molar-refractivity contribution is 5.92. The number of carbonyl (C=O) groups is 1. The Kier molecular flexibility index (Phi) is 3.51. The molecule has 0 aliphatic rings. The number of hydrogen-bond acceptors (Lipinski definition) is 3. The van der Waals surface area contributed by atoms with E-state index in [1.165, 1.54) is 18.2 Å². The highest BCUT2D eigenvalue weighted by Gasteiger charge is 2.17. The van der Waals surface area contributed by atoms with E-state index in [9.17, 15) is 18.8 Å². The van der Waals surface area contributed by atoms with E-state index in [4.69, 9.17) is 5.73 Å². The lowest BCUT2D eigenvalue weighted by Gasteiger charge is -2.11. The average molecular weight is 277 g/mol. The summed E-state index contributed by atoms with van der Waals surface area (Å²) >= 11 is 0. The Morgan fingerprint density at radius 1 is 1.30 bits per heavy atom.